The first-order valence-electron chi connectivity index (χ1n) is 4.24. The van der Waals surface area contributed by atoms with Gasteiger partial charge in [-0.15, -0.1) is 11.6 Å². The molecule has 0 spiro atoms. The Bertz CT molecular complexity index is 231. The van der Waals surface area contributed by atoms with Gasteiger partial charge in [-0.05, 0) is 6.04 Å². The molecule has 0 aliphatic rings. The molecule has 0 atom stereocenters. The molecule has 0 heterocycles. The summed E-state index contributed by atoms with van der Waals surface area (Å²) in [5.74, 6) is 0. The molecule has 0 nitrogen and oxygen atoms in total. The van der Waals surface area contributed by atoms with Gasteiger partial charge in [0.25, 0.3) is 0 Å². The Morgan fingerprint density at radius 3 is 2.25 bits per heavy atom. The van der Waals surface area contributed by atoms with Crippen LogP contribution in [0.25, 0.3) is 0 Å². The molecule has 1 aromatic rings. The predicted molar refractivity (Wildman–Crippen MR) is 58.3 cm³/mol. The molecule has 0 aliphatic heterocycles. The Kier molecular flexibility index (Phi) is 3.36. The van der Waals surface area contributed by atoms with Crippen molar-refractivity contribution in [2.24, 2.45) is 0 Å². The smallest absolute Gasteiger partial charge is 0.0682 e. The van der Waals surface area contributed by atoms with Crippen LogP contribution in [-0.4, -0.2) is 13.6 Å². The maximum Gasteiger partial charge on any atom is 0.0682 e. The number of halogens is 1. The Balaban J connectivity index is 2.64. The fraction of sp³-hybridized carbons (Fsp3) is 0.400. The molecule has 0 saturated carbocycles. The summed E-state index contributed by atoms with van der Waals surface area (Å²) in [4.78, 5) is 0. The molecule has 0 unspecified atom stereocenters. The molecule has 0 fully saturated rings. The summed E-state index contributed by atoms with van der Waals surface area (Å²) in [7, 11) is -1.15. The number of rotatable bonds is 3. The van der Waals surface area contributed by atoms with Crippen molar-refractivity contribution in [1.29, 1.82) is 0 Å². The third-order valence-corrected chi connectivity index (χ3v) is 6.15. The van der Waals surface area contributed by atoms with Gasteiger partial charge in [0.1, 0.15) is 0 Å². The first-order chi connectivity index (χ1) is 5.64. The second-order valence-electron chi connectivity index (χ2n) is 3.96. The first-order valence-corrected chi connectivity index (χ1v) is 8.19. The van der Waals surface area contributed by atoms with E-state index in [2.05, 4.69) is 43.4 Å². The van der Waals surface area contributed by atoms with Gasteiger partial charge in [0, 0.05) is 5.50 Å². The van der Waals surface area contributed by atoms with Gasteiger partial charge >= 0.3 is 0 Å². The number of alkyl halides is 1. The van der Waals surface area contributed by atoms with E-state index in [1.807, 2.05) is 0 Å². The van der Waals surface area contributed by atoms with Crippen molar-refractivity contribution in [3.63, 3.8) is 0 Å². The van der Waals surface area contributed by atoms with Crippen LogP contribution in [0.5, 0.6) is 0 Å². The Morgan fingerprint density at radius 2 is 1.75 bits per heavy atom. The van der Waals surface area contributed by atoms with Crippen LogP contribution >= 0.6 is 11.6 Å². The predicted octanol–water partition coefficient (Wildman–Crippen LogP) is 3.25. The summed E-state index contributed by atoms with van der Waals surface area (Å²) >= 11 is 5.90. The van der Waals surface area contributed by atoms with Gasteiger partial charge in [0.05, 0.1) is 8.07 Å². The molecular weight excluding hydrogens is 184 g/mol. The Morgan fingerprint density at radius 1 is 1.17 bits per heavy atom. The van der Waals surface area contributed by atoms with E-state index in [9.17, 15) is 0 Å². The minimum Gasteiger partial charge on any atom is -0.130 e. The van der Waals surface area contributed by atoms with E-state index in [0.29, 0.717) is 0 Å². The molecule has 1 rings (SSSR count). The summed E-state index contributed by atoms with van der Waals surface area (Å²) in [6.07, 6.45) is 0. The van der Waals surface area contributed by atoms with Gasteiger partial charge in [-0.2, -0.15) is 0 Å². The Labute approximate surface area is 80.6 Å². The van der Waals surface area contributed by atoms with Crippen molar-refractivity contribution in [2.45, 2.75) is 19.1 Å². The number of benzene rings is 1. The van der Waals surface area contributed by atoms with E-state index < -0.39 is 8.07 Å². The lowest BCUT2D eigenvalue weighted by atomic mass is 10.2. The third-order valence-electron chi connectivity index (χ3n) is 1.89. The fourth-order valence-corrected chi connectivity index (χ4v) is 2.91. The van der Waals surface area contributed by atoms with Crippen LogP contribution in [0, 0.1) is 0 Å². The van der Waals surface area contributed by atoms with E-state index in [1.54, 1.807) is 0 Å². The molecule has 0 radical (unpaired) electrons. The highest BCUT2D eigenvalue weighted by Crippen LogP contribution is 2.12. The van der Waals surface area contributed by atoms with Gasteiger partial charge in [0.15, 0.2) is 0 Å². The van der Waals surface area contributed by atoms with Crippen molar-refractivity contribution >= 4 is 19.7 Å². The second kappa shape index (κ2) is 4.10. The Hall–Kier alpha value is -0.273. The lowest BCUT2D eigenvalue weighted by Crippen LogP contribution is -2.31. The molecule has 0 saturated heterocycles. The summed E-state index contributed by atoms with van der Waals surface area (Å²) in [6, 6.07) is 11.8. The third kappa shape index (κ3) is 3.00. The van der Waals surface area contributed by atoms with Gasteiger partial charge in [-0.3, -0.25) is 0 Å². The van der Waals surface area contributed by atoms with Gasteiger partial charge in [-0.1, -0.05) is 49.0 Å². The molecule has 0 bridgehead atoms. The van der Waals surface area contributed by atoms with Crippen molar-refractivity contribution in [3.8, 4) is 0 Å². The van der Waals surface area contributed by atoms with Crippen LogP contribution in [0.15, 0.2) is 30.3 Å². The summed E-state index contributed by atoms with van der Waals surface area (Å²) in [6.45, 7) is 4.65. The van der Waals surface area contributed by atoms with E-state index in [0.717, 1.165) is 5.50 Å². The largest absolute Gasteiger partial charge is 0.130 e. The van der Waals surface area contributed by atoms with E-state index in [-0.39, 0.29) is 0 Å². The lowest BCUT2D eigenvalue weighted by Gasteiger charge is -2.18. The summed E-state index contributed by atoms with van der Waals surface area (Å²) < 4.78 is 0. The van der Waals surface area contributed by atoms with Crippen LogP contribution in [-0.2, 0) is 6.04 Å². The zero-order chi connectivity index (χ0) is 9.03. The molecule has 1 aromatic carbocycles. The molecule has 0 amide bonds. The maximum absolute atomic E-state index is 5.90. The number of hydrogen-bond donors (Lipinski definition) is 0. The average Bonchev–Trinajstić information content (AvgIpc) is 2.06. The zero-order valence-corrected chi connectivity index (χ0v) is 9.43. The van der Waals surface area contributed by atoms with Crippen molar-refractivity contribution in [3.05, 3.63) is 35.9 Å². The summed E-state index contributed by atoms with van der Waals surface area (Å²) in [5, 5.41) is 0. The molecule has 0 aliphatic carbocycles. The quantitative estimate of drug-likeness (QED) is 0.517. The number of hydrogen-bond acceptors (Lipinski definition) is 0. The zero-order valence-electron chi connectivity index (χ0n) is 7.68. The van der Waals surface area contributed by atoms with E-state index >= 15 is 0 Å². The summed E-state index contributed by atoms with van der Waals surface area (Å²) in [5.41, 5.74) is 2.27. The van der Waals surface area contributed by atoms with Gasteiger partial charge < -0.3 is 0 Å². The highest BCUT2D eigenvalue weighted by molar-refractivity contribution is 6.82. The second-order valence-corrected chi connectivity index (χ2v) is 9.71. The van der Waals surface area contributed by atoms with Crippen LogP contribution < -0.4 is 0 Å². The molecule has 12 heavy (non-hydrogen) atoms. The standard InChI is InChI=1S/C10H15ClSi/c1-12(2,9-11)8-10-6-4-3-5-7-10/h3-7H,8-9H2,1-2H3. The molecule has 66 valence electrons. The maximum atomic E-state index is 5.90. The molecule has 2 heteroatoms. The van der Waals surface area contributed by atoms with Gasteiger partial charge in [0.2, 0.25) is 0 Å². The van der Waals surface area contributed by atoms with E-state index in [4.69, 9.17) is 11.6 Å². The van der Waals surface area contributed by atoms with Crippen LogP contribution in [0.2, 0.25) is 13.1 Å². The molecule has 0 N–H and O–H groups in total. The average molecular weight is 199 g/mol. The highest BCUT2D eigenvalue weighted by atomic mass is 35.5. The van der Waals surface area contributed by atoms with Crippen molar-refractivity contribution in [1.82, 2.24) is 0 Å². The van der Waals surface area contributed by atoms with Crippen LogP contribution in [0.3, 0.4) is 0 Å². The minimum absolute atomic E-state index is 0.849. The van der Waals surface area contributed by atoms with Gasteiger partial charge in [-0.25, -0.2) is 0 Å². The lowest BCUT2D eigenvalue weighted by molar-refractivity contribution is 1.30. The molecular formula is C10H15ClSi. The van der Waals surface area contributed by atoms with Crippen molar-refractivity contribution < 1.29 is 0 Å². The van der Waals surface area contributed by atoms with Crippen LogP contribution in [0.4, 0.5) is 0 Å². The van der Waals surface area contributed by atoms with Crippen LogP contribution in [0.1, 0.15) is 5.56 Å². The first kappa shape index (κ1) is 9.81. The fourth-order valence-electron chi connectivity index (χ4n) is 1.20. The monoisotopic (exact) mass is 198 g/mol. The van der Waals surface area contributed by atoms with Crippen molar-refractivity contribution in [2.75, 3.05) is 5.50 Å². The van der Waals surface area contributed by atoms with E-state index in [1.165, 1.54) is 11.6 Å². The topological polar surface area (TPSA) is 0 Å². The SMILES string of the molecule is C[Si](C)(CCl)Cc1ccccc1. The minimum atomic E-state index is -1.15. The molecule has 0 aromatic heterocycles. The highest BCUT2D eigenvalue weighted by Gasteiger charge is 2.19. The normalized spacial score (nSPS) is 11.6.